The molecule has 0 atom stereocenters. The number of hydrogen-bond acceptors (Lipinski definition) is 3. The van der Waals surface area contributed by atoms with E-state index in [1.807, 2.05) is 0 Å². The molecular formula is C6H5N3O2. The molecule has 2 N–H and O–H groups in total. The molecule has 11 heavy (non-hydrogen) atoms. The molecule has 1 aromatic rings. The van der Waals surface area contributed by atoms with E-state index in [1.165, 1.54) is 6.33 Å². The molecule has 0 aliphatic heterocycles. The second kappa shape index (κ2) is 3.37. The second-order valence-electron chi connectivity index (χ2n) is 1.71. The Kier molecular flexibility index (Phi) is 2.23. The Morgan fingerprint density at radius 2 is 2.64 bits per heavy atom. The summed E-state index contributed by atoms with van der Waals surface area (Å²) in [5, 5.41) is 14.2. The molecule has 0 bridgehead atoms. The molecule has 0 aromatic carbocycles. The van der Waals surface area contributed by atoms with E-state index < -0.39 is 5.97 Å². The van der Waals surface area contributed by atoms with Crippen molar-refractivity contribution in [3.8, 4) is 11.8 Å². The average molecular weight is 151 g/mol. The van der Waals surface area contributed by atoms with Crippen LogP contribution in [-0.4, -0.2) is 26.3 Å². The Morgan fingerprint density at radius 3 is 3.18 bits per heavy atom. The van der Waals surface area contributed by atoms with Crippen LogP contribution in [-0.2, 0) is 4.79 Å². The van der Waals surface area contributed by atoms with Crippen LogP contribution < -0.4 is 0 Å². The van der Waals surface area contributed by atoms with Gasteiger partial charge >= 0.3 is 5.97 Å². The molecule has 0 aliphatic carbocycles. The highest BCUT2D eigenvalue weighted by atomic mass is 16.4. The Labute approximate surface area is 62.5 Å². The molecule has 1 rings (SSSR count). The van der Waals surface area contributed by atoms with Crippen molar-refractivity contribution in [1.29, 1.82) is 0 Å². The van der Waals surface area contributed by atoms with Crippen molar-refractivity contribution >= 4 is 5.97 Å². The zero-order chi connectivity index (χ0) is 8.10. The van der Waals surface area contributed by atoms with Gasteiger partial charge in [-0.2, -0.15) is 5.10 Å². The monoisotopic (exact) mass is 151 g/mol. The van der Waals surface area contributed by atoms with Crippen LogP contribution in [0.3, 0.4) is 0 Å². The zero-order valence-electron chi connectivity index (χ0n) is 5.53. The first-order valence-electron chi connectivity index (χ1n) is 2.85. The van der Waals surface area contributed by atoms with E-state index in [2.05, 4.69) is 27.0 Å². The van der Waals surface area contributed by atoms with Crippen molar-refractivity contribution in [2.45, 2.75) is 6.42 Å². The first-order valence-corrected chi connectivity index (χ1v) is 2.85. The van der Waals surface area contributed by atoms with Crippen LogP contribution in [0.2, 0.25) is 0 Å². The van der Waals surface area contributed by atoms with E-state index in [9.17, 15) is 4.79 Å². The number of nitrogens with one attached hydrogen (secondary N) is 1. The lowest BCUT2D eigenvalue weighted by Gasteiger charge is -1.77. The number of carbonyl (C=O) groups is 1. The van der Waals surface area contributed by atoms with Crippen LogP contribution in [0.4, 0.5) is 0 Å². The van der Waals surface area contributed by atoms with Gasteiger partial charge in [-0.1, -0.05) is 5.92 Å². The van der Waals surface area contributed by atoms with Gasteiger partial charge in [0.05, 0.1) is 0 Å². The minimum Gasteiger partial charge on any atom is -0.481 e. The van der Waals surface area contributed by atoms with E-state index >= 15 is 0 Å². The molecule has 1 heterocycles. The summed E-state index contributed by atoms with van der Waals surface area (Å²) in [5.41, 5.74) is 0. The molecule has 0 unspecified atom stereocenters. The van der Waals surface area contributed by atoms with Crippen LogP contribution >= 0.6 is 0 Å². The number of aromatic nitrogens is 3. The highest BCUT2D eigenvalue weighted by Gasteiger charge is 1.89. The van der Waals surface area contributed by atoms with Gasteiger partial charge in [-0.25, -0.2) is 4.98 Å². The third kappa shape index (κ3) is 2.49. The van der Waals surface area contributed by atoms with Gasteiger partial charge in [-0.05, 0) is 5.92 Å². The van der Waals surface area contributed by atoms with E-state index in [1.54, 1.807) is 0 Å². The van der Waals surface area contributed by atoms with Gasteiger partial charge in [0.1, 0.15) is 12.7 Å². The molecule has 0 amide bonds. The number of carboxylic acids is 1. The molecule has 0 saturated carbocycles. The maximum absolute atomic E-state index is 9.98. The lowest BCUT2D eigenvalue weighted by Crippen LogP contribution is -1.90. The lowest BCUT2D eigenvalue weighted by molar-refractivity contribution is -0.135. The van der Waals surface area contributed by atoms with Crippen molar-refractivity contribution in [2.75, 3.05) is 0 Å². The second-order valence-corrected chi connectivity index (χ2v) is 1.71. The highest BCUT2D eigenvalue weighted by Crippen LogP contribution is 1.80. The molecule has 5 nitrogen and oxygen atoms in total. The molecule has 0 saturated heterocycles. The predicted molar refractivity (Wildman–Crippen MR) is 35.5 cm³/mol. The van der Waals surface area contributed by atoms with Crippen LogP contribution in [0, 0.1) is 11.8 Å². The van der Waals surface area contributed by atoms with E-state index in [0.717, 1.165) is 0 Å². The number of aliphatic carboxylic acids is 1. The average Bonchev–Trinajstić information content (AvgIpc) is 2.39. The Morgan fingerprint density at radius 1 is 1.82 bits per heavy atom. The normalized spacial score (nSPS) is 8.36. The number of carboxylic acid groups (broad SMARTS) is 1. The third-order valence-electron chi connectivity index (χ3n) is 0.861. The molecule has 0 radical (unpaired) electrons. The standard InChI is InChI=1S/C6H5N3O2/c10-6(11)3-1-2-5-7-4-8-9-5/h4H,3H2,(H,10,11)(H,7,8,9). The molecule has 0 fully saturated rings. The Balaban J connectivity index is 2.52. The first kappa shape index (κ1) is 7.28. The number of hydrogen-bond donors (Lipinski definition) is 2. The van der Waals surface area contributed by atoms with Crippen LogP contribution in [0.15, 0.2) is 6.33 Å². The molecule has 0 aliphatic rings. The summed E-state index contributed by atoms with van der Waals surface area (Å²) < 4.78 is 0. The van der Waals surface area contributed by atoms with Crippen LogP contribution in [0.25, 0.3) is 0 Å². The predicted octanol–water partition coefficient (Wildman–Crippen LogP) is -0.369. The third-order valence-corrected chi connectivity index (χ3v) is 0.861. The summed E-state index contributed by atoms with van der Waals surface area (Å²) >= 11 is 0. The Bertz CT molecular complexity index is 293. The highest BCUT2D eigenvalue weighted by molar-refractivity contribution is 5.70. The van der Waals surface area contributed by atoms with Gasteiger partial charge in [0.25, 0.3) is 0 Å². The summed E-state index contributed by atoms with van der Waals surface area (Å²) in [6.07, 6.45) is 1.13. The minimum absolute atomic E-state index is 0.180. The molecule has 0 spiro atoms. The van der Waals surface area contributed by atoms with Gasteiger partial charge in [-0.3, -0.25) is 9.89 Å². The summed E-state index contributed by atoms with van der Waals surface area (Å²) in [6, 6.07) is 0. The summed E-state index contributed by atoms with van der Waals surface area (Å²) in [6.45, 7) is 0. The largest absolute Gasteiger partial charge is 0.481 e. The topological polar surface area (TPSA) is 78.9 Å². The summed E-state index contributed by atoms with van der Waals surface area (Å²) in [4.78, 5) is 13.7. The van der Waals surface area contributed by atoms with Crippen LogP contribution in [0.5, 0.6) is 0 Å². The van der Waals surface area contributed by atoms with Gasteiger partial charge in [0.15, 0.2) is 0 Å². The molecule has 56 valence electrons. The lowest BCUT2D eigenvalue weighted by atomic mass is 10.4. The van der Waals surface area contributed by atoms with Gasteiger partial charge in [0, 0.05) is 0 Å². The SMILES string of the molecule is O=C(O)CC#Cc1ncn[nH]1. The van der Waals surface area contributed by atoms with Gasteiger partial charge in [0.2, 0.25) is 5.82 Å². The summed E-state index contributed by atoms with van der Waals surface area (Å²) in [7, 11) is 0. The number of nitrogens with zero attached hydrogens (tertiary/aromatic N) is 2. The van der Waals surface area contributed by atoms with E-state index in [4.69, 9.17) is 5.11 Å². The van der Waals surface area contributed by atoms with Crippen molar-refractivity contribution in [2.24, 2.45) is 0 Å². The maximum Gasteiger partial charge on any atom is 0.315 e. The van der Waals surface area contributed by atoms with Gasteiger partial charge in [-0.15, -0.1) is 0 Å². The fraction of sp³-hybridized carbons (Fsp3) is 0.167. The minimum atomic E-state index is -0.947. The molecule has 5 heteroatoms. The fourth-order valence-corrected chi connectivity index (χ4v) is 0.469. The smallest absolute Gasteiger partial charge is 0.315 e. The van der Waals surface area contributed by atoms with Crippen LogP contribution in [0.1, 0.15) is 12.2 Å². The zero-order valence-corrected chi connectivity index (χ0v) is 5.53. The summed E-state index contributed by atoms with van der Waals surface area (Å²) in [5.74, 6) is 4.33. The molecular weight excluding hydrogens is 146 g/mol. The van der Waals surface area contributed by atoms with E-state index in [-0.39, 0.29) is 6.42 Å². The maximum atomic E-state index is 9.98. The van der Waals surface area contributed by atoms with Crippen molar-refractivity contribution in [3.05, 3.63) is 12.2 Å². The Hall–Kier alpha value is -1.83. The van der Waals surface area contributed by atoms with Crippen molar-refractivity contribution in [1.82, 2.24) is 15.2 Å². The fourth-order valence-electron chi connectivity index (χ4n) is 0.469. The van der Waals surface area contributed by atoms with E-state index in [0.29, 0.717) is 5.82 Å². The first-order chi connectivity index (χ1) is 5.29. The van der Waals surface area contributed by atoms with Crippen molar-refractivity contribution in [3.63, 3.8) is 0 Å². The van der Waals surface area contributed by atoms with Gasteiger partial charge < -0.3 is 5.11 Å². The quantitative estimate of drug-likeness (QED) is 0.537. The number of H-pyrrole nitrogens is 1. The van der Waals surface area contributed by atoms with Crippen molar-refractivity contribution < 1.29 is 9.90 Å². The number of aromatic amines is 1. The number of rotatable bonds is 1. The molecule has 1 aromatic heterocycles.